The predicted molar refractivity (Wildman–Crippen MR) is 135 cm³/mol. The first kappa shape index (κ1) is 22.9. The van der Waals surface area contributed by atoms with Gasteiger partial charge in [-0.2, -0.15) is 0 Å². The molecule has 1 aromatic carbocycles. The molecule has 2 aliphatic heterocycles. The normalized spacial score (nSPS) is 18.5. The Balaban J connectivity index is 1.28. The van der Waals surface area contributed by atoms with Gasteiger partial charge in [-0.05, 0) is 89.3 Å². The number of piperidine rings is 1. The highest BCUT2D eigenvalue weighted by atomic mass is 16.1. The molecule has 182 valence electrons. The van der Waals surface area contributed by atoms with Gasteiger partial charge in [-0.15, -0.1) is 0 Å². The van der Waals surface area contributed by atoms with E-state index in [4.69, 9.17) is 4.98 Å². The van der Waals surface area contributed by atoms with Crippen molar-refractivity contribution in [3.05, 3.63) is 50.9 Å². The summed E-state index contributed by atoms with van der Waals surface area (Å²) in [6.07, 6.45) is 6.79. The van der Waals surface area contributed by atoms with E-state index in [1.807, 2.05) is 26.2 Å². The number of nitrogens with zero attached hydrogens (tertiary/aromatic N) is 3. The second-order valence-electron chi connectivity index (χ2n) is 10.3. The first-order valence-corrected chi connectivity index (χ1v) is 12.6. The predicted octanol–water partition coefficient (Wildman–Crippen LogP) is 2.29. The number of anilines is 2. The second kappa shape index (κ2) is 9.41. The fraction of sp³-hybridized carbons (Fsp3) is 0.577. The maximum absolute atomic E-state index is 12.8. The van der Waals surface area contributed by atoms with Gasteiger partial charge >= 0.3 is 0 Å². The number of nitrogens with one attached hydrogen (secondary N) is 3. The Morgan fingerprint density at radius 1 is 1.21 bits per heavy atom. The van der Waals surface area contributed by atoms with Crippen molar-refractivity contribution in [2.45, 2.75) is 50.4 Å². The van der Waals surface area contributed by atoms with E-state index in [-0.39, 0.29) is 16.9 Å². The summed E-state index contributed by atoms with van der Waals surface area (Å²) in [5.41, 5.74) is 5.03. The summed E-state index contributed by atoms with van der Waals surface area (Å²) < 4.78 is 0. The van der Waals surface area contributed by atoms with Gasteiger partial charge in [0.1, 0.15) is 0 Å². The molecule has 34 heavy (non-hydrogen) atoms. The van der Waals surface area contributed by atoms with Crippen LogP contribution >= 0.6 is 0 Å². The average molecular weight is 465 g/mol. The summed E-state index contributed by atoms with van der Waals surface area (Å²) in [6, 6.07) is 6.06. The van der Waals surface area contributed by atoms with Crippen LogP contribution in [0.15, 0.2) is 23.0 Å². The first-order chi connectivity index (χ1) is 16.4. The van der Waals surface area contributed by atoms with Crippen LogP contribution in [0.3, 0.4) is 0 Å². The van der Waals surface area contributed by atoms with Crippen molar-refractivity contribution in [2.24, 2.45) is 0 Å². The molecule has 0 unspecified atom stereocenters. The number of aryl methyl sites for hydroxylation is 1. The lowest BCUT2D eigenvalue weighted by atomic mass is 9.74. The topological polar surface area (TPSA) is 93.4 Å². The van der Waals surface area contributed by atoms with Gasteiger partial charge in [0.2, 0.25) is 5.95 Å². The average Bonchev–Trinajstić information content (AvgIpc) is 3.19. The van der Waals surface area contributed by atoms with Crippen LogP contribution in [-0.4, -0.2) is 67.6 Å². The van der Waals surface area contributed by atoms with Crippen LogP contribution in [0.4, 0.5) is 11.6 Å². The largest absolute Gasteiger partial charge is 0.384 e. The Hall–Kier alpha value is -2.87. The maximum atomic E-state index is 12.8. The molecule has 1 aromatic heterocycles. The van der Waals surface area contributed by atoms with Crippen LogP contribution in [0, 0.1) is 0 Å². The molecular weight excluding hydrogens is 428 g/mol. The summed E-state index contributed by atoms with van der Waals surface area (Å²) in [5, 5.41) is 6.63. The van der Waals surface area contributed by atoms with E-state index in [9.17, 15) is 9.59 Å². The summed E-state index contributed by atoms with van der Waals surface area (Å²) in [4.78, 5) is 37.6. The summed E-state index contributed by atoms with van der Waals surface area (Å²) in [6.45, 7) is 4.20. The number of carbonyl (C=O) groups excluding carboxylic acids is 1. The molecular formula is C26H36N6O2. The van der Waals surface area contributed by atoms with Crippen molar-refractivity contribution in [2.75, 3.05) is 57.0 Å². The minimum Gasteiger partial charge on any atom is -0.384 e. The quantitative estimate of drug-likeness (QED) is 0.568. The third kappa shape index (κ3) is 4.43. The Labute approximate surface area is 201 Å². The van der Waals surface area contributed by atoms with Gasteiger partial charge in [0, 0.05) is 48.4 Å². The number of hydrogen-bond acceptors (Lipinski definition) is 6. The monoisotopic (exact) mass is 464 g/mol. The summed E-state index contributed by atoms with van der Waals surface area (Å²) in [5.74, 6) is 0.717. The van der Waals surface area contributed by atoms with Crippen LogP contribution in [0.25, 0.3) is 0 Å². The Kier molecular flexibility index (Phi) is 6.34. The molecule has 1 aliphatic carbocycles. The molecule has 2 aromatic rings. The van der Waals surface area contributed by atoms with Gasteiger partial charge in [0.05, 0.1) is 5.69 Å². The number of H-pyrrole nitrogens is 1. The Bertz CT molecular complexity index is 1120. The van der Waals surface area contributed by atoms with Gasteiger partial charge in [-0.3, -0.25) is 14.6 Å². The van der Waals surface area contributed by atoms with Crippen LogP contribution < -0.4 is 21.1 Å². The zero-order valence-electron chi connectivity index (χ0n) is 20.4. The van der Waals surface area contributed by atoms with E-state index in [0.717, 1.165) is 99.6 Å². The molecule has 1 spiro atoms. The number of amides is 1. The number of carbonyl (C=O) groups is 1. The Morgan fingerprint density at radius 2 is 2.00 bits per heavy atom. The van der Waals surface area contributed by atoms with Crippen molar-refractivity contribution < 1.29 is 4.79 Å². The van der Waals surface area contributed by atoms with E-state index >= 15 is 0 Å². The minimum atomic E-state index is -0.00289. The van der Waals surface area contributed by atoms with Gasteiger partial charge in [0.15, 0.2) is 0 Å². The SMILES string of the molecule is CN(C)CCCNC(=O)c1ccc2c(c1)C1(CCN(c3nc4c(c(=O)[nH]3)CCCC4)CC1)CN2. The molecule has 0 saturated carbocycles. The van der Waals surface area contributed by atoms with Gasteiger partial charge in [-0.1, -0.05) is 0 Å². The van der Waals surface area contributed by atoms with E-state index in [0.29, 0.717) is 6.54 Å². The Morgan fingerprint density at radius 3 is 2.79 bits per heavy atom. The van der Waals surface area contributed by atoms with Crippen molar-refractivity contribution in [1.82, 2.24) is 20.2 Å². The highest BCUT2D eigenvalue weighted by molar-refractivity contribution is 5.95. The lowest BCUT2D eigenvalue weighted by molar-refractivity contribution is 0.0952. The number of benzene rings is 1. The molecule has 1 fully saturated rings. The first-order valence-electron chi connectivity index (χ1n) is 12.6. The molecule has 8 heteroatoms. The smallest absolute Gasteiger partial charge is 0.255 e. The van der Waals surface area contributed by atoms with E-state index in [1.165, 1.54) is 5.56 Å². The summed E-state index contributed by atoms with van der Waals surface area (Å²) >= 11 is 0. The lowest BCUT2D eigenvalue weighted by Gasteiger charge is -2.39. The second-order valence-corrected chi connectivity index (χ2v) is 10.3. The molecule has 5 rings (SSSR count). The van der Waals surface area contributed by atoms with Gasteiger partial charge in [-0.25, -0.2) is 4.98 Å². The standard InChI is InChI=1S/C26H36N6O2/c1-31(2)13-5-12-27-23(33)18-8-9-22-20(16-18)26(17-28-22)10-14-32(15-11-26)25-29-21-7-4-3-6-19(21)24(34)30-25/h8-9,16,28H,3-7,10-15,17H2,1-2H3,(H,27,33)(H,29,30,34). The van der Waals surface area contributed by atoms with E-state index in [2.05, 4.69) is 31.5 Å². The van der Waals surface area contributed by atoms with Crippen LogP contribution in [0.2, 0.25) is 0 Å². The third-order valence-electron chi connectivity index (χ3n) is 7.74. The van der Waals surface area contributed by atoms with Gasteiger partial charge in [0.25, 0.3) is 11.5 Å². The molecule has 0 radical (unpaired) electrons. The lowest BCUT2D eigenvalue weighted by Crippen LogP contribution is -2.45. The summed E-state index contributed by atoms with van der Waals surface area (Å²) in [7, 11) is 4.08. The molecule has 0 bridgehead atoms. The molecule has 1 amide bonds. The number of rotatable bonds is 6. The molecule has 3 aliphatic rings. The molecule has 8 nitrogen and oxygen atoms in total. The van der Waals surface area contributed by atoms with Crippen molar-refractivity contribution >= 4 is 17.5 Å². The maximum Gasteiger partial charge on any atom is 0.255 e. The number of aromatic nitrogens is 2. The van der Waals surface area contributed by atoms with E-state index in [1.54, 1.807) is 0 Å². The fourth-order valence-electron chi connectivity index (χ4n) is 5.67. The van der Waals surface area contributed by atoms with Crippen LogP contribution in [-0.2, 0) is 18.3 Å². The molecule has 3 heterocycles. The van der Waals surface area contributed by atoms with Crippen molar-refractivity contribution in [3.8, 4) is 0 Å². The van der Waals surface area contributed by atoms with Crippen LogP contribution in [0.5, 0.6) is 0 Å². The van der Waals surface area contributed by atoms with E-state index < -0.39 is 0 Å². The number of fused-ring (bicyclic) bond motifs is 3. The van der Waals surface area contributed by atoms with Gasteiger partial charge < -0.3 is 20.4 Å². The van der Waals surface area contributed by atoms with Crippen LogP contribution in [0.1, 0.15) is 59.3 Å². The minimum absolute atomic E-state index is 0.00289. The third-order valence-corrected chi connectivity index (χ3v) is 7.74. The number of aromatic amines is 1. The van der Waals surface area contributed by atoms with Crippen molar-refractivity contribution in [3.63, 3.8) is 0 Å². The highest BCUT2D eigenvalue weighted by Crippen LogP contribution is 2.44. The zero-order chi connectivity index (χ0) is 23.7. The fourth-order valence-corrected chi connectivity index (χ4v) is 5.67. The van der Waals surface area contributed by atoms with Crippen molar-refractivity contribution in [1.29, 1.82) is 0 Å². The number of hydrogen-bond donors (Lipinski definition) is 3. The molecule has 0 atom stereocenters. The zero-order valence-corrected chi connectivity index (χ0v) is 20.4. The molecule has 1 saturated heterocycles. The highest BCUT2D eigenvalue weighted by Gasteiger charge is 2.42. The molecule has 3 N–H and O–H groups in total.